The number of nitrogens with one attached hydrogen (secondary N) is 2. The summed E-state index contributed by atoms with van der Waals surface area (Å²) in [5, 5.41) is 15.0. The van der Waals surface area contributed by atoms with Gasteiger partial charge in [0, 0.05) is 49.2 Å². The van der Waals surface area contributed by atoms with Crippen LogP contribution in [0.4, 0.5) is 10.8 Å². The first-order valence-electron chi connectivity index (χ1n) is 12.0. The van der Waals surface area contributed by atoms with E-state index in [9.17, 15) is 9.59 Å². The summed E-state index contributed by atoms with van der Waals surface area (Å²) in [4.78, 5) is 33.8. The van der Waals surface area contributed by atoms with E-state index in [-0.39, 0.29) is 11.9 Å². The molecule has 2 aliphatic rings. The number of hydrogen-bond donors (Lipinski definition) is 2. The van der Waals surface area contributed by atoms with Crippen molar-refractivity contribution in [3.05, 3.63) is 75.8 Å². The Hall–Kier alpha value is -3.74. The van der Waals surface area contributed by atoms with Crippen molar-refractivity contribution in [1.82, 2.24) is 14.8 Å². The Kier molecular flexibility index (Phi) is 8.31. The molecule has 2 aliphatic heterocycles. The predicted octanol–water partition coefficient (Wildman–Crippen LogP) is 4.28. The van der Waals surface area contributed by atoms with Gasteiger partial charge in [-0.3, -0.25) is 14.9 Å². The molecule has 2 aromatic carbocycles. The molecular weight excluding hydrogens is 472 g/mol. The van der Waals surface area contributed by atoms with Crippen molar-refractivity contribution >= 4 is 34.5 Å². The van der Waals surface area contributed by atoms with E-state index in [4.69, 9.17) is 5.26 Å². The number of nitriles is 1. The SMILES string of the molecule is CN1CCc2nc(NC(=O)c3cccc(C4CCCN4C=O)c3)sc2C1.CNc1ccc(C#N)cc1. The van der Waals surface area contributed by atoms with E-state index in [0.717, 1.165) is 62.3 Å². The molecule has 0 aliphatic carbocycles. The molecule has 1 aromatic heterocycles. The van der Waals surface area contributed by atoms with Crippen molar-refractivity contribution < 1.29 is 9.59 Å². The maximum atomic E-state index is 12.7. The Bertz CT molecular complexity index is 1250. The lowest BCUT2D eigenvalue weighted by atomic mass is 10.0. The molecule has 1 unspecified atom stereocenters. The van der Waals surface area contributed by atoms with Crippen LogP contribution in [-0.2, 0) is 17.8 Å². The van der Waals surface area contributed by atoms with Gasteiger partial charge in [0.15, 0.2) is 5.13 Å². The van der Waals surface area contributed by atoms with Crippen LogP contribution in [0.25, 0.3) is 0 Å². The fourth-order valence-electron chi connectivity index (χ4n) is 4.42. The van der Waals surface area contributed by atoms with E-state index in [1.54, 1.807) is 29.5 Å². The zero-order valence-corrected chi connectivity index (χ0v) is 21.3. The van der Waals surface area contributed by atoms with Crippen molar-refractivity contribution in [2.75, 3.05) is 37.8 Å². The number of anilines is 2. The molecule has 0 bridgehead atoms. The first kappa shape index (κ1) is 25.4. The van der Waals surface area contributed by atoms with Crippen LogP contribution in [0.5, 0.6) is 0 Å². The van der Waals surface area contributed by atoms with Crippen LogP contribution in [0.15, 0.2) is 48.5 Å². The maximum absolute atomic E-state index is 12.7. The highest BCUT2D eigenvalue weighted by molar-refractivity contribution is 7.15. The number of likely N-dealkylation sites (tertiary alicyclic amines) is 1. The largest absolute Gasteiger partial charge is 0.388 e. The molecule has 0 saturated carbocycles. The van der Waals surface area contributed by atoms with Crippen LogP contribution in [0, 0.1) is 11.3 Å². The second-order valence-electron chi connectivity index (χ2n) is 8.90. The van der Waals surface area contributed by atoms with Gasteiger partial charge in [-0.25, -0.2) is 4.98 Å². The van der Waals surface area contributed by atoms with Crippen molar-refractivity contribution in [2.24, 2.45) is 0 Å². The summed E-state index contributed by atoms with van der Waals surface area (Å²) in [5.74, 6) is -0.151. The second-order valence-corrected chi connectivity index (χ2v) is 9.98. The lowest BCUT2D eigenvalue weighted by molar-refractivity contribution is -0.118. The van der Waals surface area contributed by atoms with E-state index in [0.29, 0.717) is 16.3 Å². The molecule has 36 heavy (non-hydrogen) atoms. The smallest absolute Gasteiger partial charge is 0.257 e. The summed E-state index contributed by atoms with van der Waals surface area (Å²) in [6.07, 6.45) is 3.77. The minimum absolute atomic E-state index is 0.0722. The fourth-order valence-corrected chi connectivity index (χ4v) is 5.50. The molecule has 0 radical (unpaired) electrons. The van der Waals surface area contributed by atoms with Gasteiger partial charge in [-0.1, -0.05) is 12.1 Å². The third-order valence-electron chi connectivity index (χ3n) is 6.41. The second kappa shape index (κ2) is 11.8. The van der Waals surface area contributed by atoms with Crippen LogP contribution < -0.4 is 10.6 Å². The Morgan fingerprint density at radius 2 is 2.03 bits per heavy atom. The first-order chi connectivity index (χ1) is 17.5. The summed E-state index contributed by atoms with van der Waals surface area (Å²) in [6.45, 7) is 2.67. The fraction of sp³-hybridized carbons (Fsp3) is 0.333. The van der Waals surface area contributed by atoms with Gasteiger partial charge in [0.2, 0.25) is 6.41 Å². The zero-order chi connectivity index (χ0) is 25.5. The summed E-state index contributed by atoms with van der Waals surface area (Å²) in [7, 11) is 3.94. The van der Waals surface area contributed by atoms with Crippen LogP contribution in [0.2, 0.25) is 0 Å². The molecule has 8 nitrogen and oxygen atoms in total. The monoisotopic (exact) mass is 502 g/mol. The van der Waals surface area contributed by atoms with Crippen LogP contribution in [0.3, 0.4) is 0 Å². The van der Waals surface area contributed by atoms with E-state index in [2.05, 4.69) is 33.6 Å². The number of rotatable bonds is 5. The van der Waals surface area contributed by atoms with Gasteiger partial charge in [-0.2, -0.15) is 5.26 Å². The molecule has 1 saturated heterocycles. The Morgan fingerprint density at radius 3 is 2.75 bits per heavy atom. The van der Waals surface area contributed by atoms with Crippen molar-refractivity contribution in [3.63, 3.8) is 0 Å². The highest BCUT2D eigenvalue weighted by atomic mass is 32.1. The summed E-state index contributed by atoms with van der Waals surface area (Å²) in [5.41, 5.74) is 4.44. The molecule has 5 rings (SSSR count). The average molecular weight is 503 g/mol. The molecule has 2 N–H and O–H groups in total. The lowest BCUT2D eigenvalue weighted by Gasteiger charge is -2.20. The number of amides is 2. The number of hydrogen-bond acceptors (Lipinski definition) is 7. The van der Waals surface area contributed by atoms with Gasteiger partial charge in [-0.05, 0) is 61.9 Å². The number of fused-ring (bicyclic) bond motifs is 1. The molecule has 186 valence electrons. The van der Waals surface area contributed by atoms with Gasteiger partial charge in [0.1, 0.15) is 0 Å². The first-order valence-corrected chi connectivity index (χ1v) is 12.8. The highest BCUT2D eigenvalue weighted by Gasteiger charge is 2.25. The van der Waals surface area contributed by atoms with Crippen LogP contribution >= 0.6 is 11.3 Å². The molecule has 9 heteroatoms. The topological polar surface area (TPSA) is 101 Å². The average Bonchev–Trinajstić information content (AvgIpc) is 3.55. The number of aromatic nitrogens is 1. The summed E-state index contributed by atoms with van der Waals surface area (Å²) >= 11 is 1.56. The lowest BCUT2D eigenvalue weighted by Crippen LogP contribution is -2.25. The summed E-state index contributed by atoms with van der Waals surface area (Å²) < 4.78 is 0. The molecule has 1 fully saturated rings. The number of benzene rings is 2. The molecule has 0 spiro atoms. The van der Waals surface area contributed by atoms with E-state index in [1.807, 2.05) is 42.3 Å². The molecule has 2 amide bonds. The number of likely N-dealkylation sites (N-methyl/N-ethyl adjacent to an activating group) is 1. The van der Waals surface area contributed by atoms with Crippen molar-refractivity contribution in [3.8, 4) is 6.07 Å². The van der Waals surface area contributed by atoms with Crippen LogP contribution in [0.1, 0.15) is 50.9 Å². The van der Waals surface area contributed by atoms with Crippen LogP contribution in [-0.4, -0.2) is 54.3 Å². The van der Waals surface area contributed by atoms with Crippen molar-refractivity contribution in [1.29, 1.82) is 5.26 Å². The Morgan fingerprint density at radius 1 is 1.22 bits per heavy atom. The van der Waals surface area contributed by atoms with Gasteiger partial charge in [0.05, 0.1) is 23.4 Å². The van der Waals surface area contributed by atoms with E-state index in [1.165, 1.54) is 4.88 Å². The molecule has 3 heterocycles. The van der Waals surface area contributed by atoms with Gasteiger partial charge < -0.3 is 15.1 Å². The third-order valence-corrected chi connectivity index (χ3v) is 7.41. The number of nitrogens with zero attached hydrogens (tertiary/aromatic N) is 4. The molecule has 1 atom stereocenters. The predicted molar refractivity (Wildman–Crippen MR) is 142 cm³/mol. The zero-order valence-electron chi connectivity index (χ0n) is 20.5. The number of carbonyl (C=O) groups excluding carboxylic acids is 2. The molecule has 3 aromatic rings. The standard InChI is InChI=1S/C19H22N4O2S.C8H8N2/c1-22-9-7-15-17(11-22)26-19(20-15)21-18(25)14-5-2-4-13(10-14)16-6-3-8-23(16)12-24;1-10-8-4-2-7(6-9)3-5-8/h2,4-5,10,12,16H,3,6-9,11H2,1H3,(H,20,21,25);2-5,10H,1H3. The minimum atomic E-state index is -0.151. The normalized spacial score (nSPS) is 16.8. The minimum Gasteiger partial charge on any atom is -0.388 e. The quantitative estimate of drug-likeness (QED) is 0.505. The maximum Gasteiger partial charge on any atom is 0.257 e. The van der Waals surface area contributed by atoms with E-state index >= 15 is 0 Å². The third kappa shape index (κ3) is 6.08. The van der Waals surface area contributed by atoms with Crippen molar-refractivity contribution in [2.45, 2.75) is 31.8 Å². The molecular formula is C27H30N6O2S. The highest BCUT2D eigenvalue weighted by Crippen LogP contribution is 2.31. The van der Waals surface area contributed by atoms with Gasteiger partial charge in [0.25, 0.3) is 5.91 Å². The van der Waals surface area contributed by atoms with Gasteiger partial charge >= 0.3 is 0 Å². The summed E-state index contributed by atoms with van der Waals surface area (Å²) in [6, 6.07) is 17.0. The number of thiazole rings is 1. The van der Waals surface area contributed by atoms with Gasteiger partial charge in [-0.15, -0.1) is 11.3 Å². The Labute approximate surface area is 215 Å². The van der Waals surface area contributed by atoms with E-state index < -0.39 is 0 Å². The Balaban J connectivity index is 0.000000256. The number of carbonyl (C=O) groups is 2.